The van der Waals surface area contributed by atoms with E-state index in [9.17, 15) is 10.2 Å². The van der Waals surface area contributed by atoms with Gasteiger partial charge in [-0.2, -0.15) is 0 Å². The largest absolute Gasteiger partial charge is 0.507 e. The topological polar surface area (TPSA) is 40.5 Å². The smallest absolute Gasteiger partial charge is 0.123 e. The van der Waals surface area contributed by atoms with Gasteiger partial charge in [-0.25, -0.2) is 0 Å². The second-order valence-electron chi connectivity index (χ2n) is 6.44. The van der Waals surface area contributed by atoms with E-state index in [0.717, 1.165) is 31.2 Å². The predicted octanol–water partition coefficient (Wildman–Crippen LogP) is 5.85. The van der Waals surface area contributed by atoms with Crippen molar-refractivity contribution < 1.29 is 17.1 Å². The van der Waals surface area contributed by atoms with Crippen molar-refractivity contribution in [2.24, 2.45) is 5.92 Å². The molecule has 0 amide bonds. The third-order valence-electron chi connectivity index (χ3n) is 4.52. The molecule has 0 aromatic heterocycles. The van der Waals surface area contributed by atoms with Crippen LogP contribution in [0.15, 0.2) is 35.9 Å². The number of hydrogen-bond acceptors (Lipinski definition) is 2. The summed E-state index contributed by atoms with van der Waals surface area (Å²) in [5, 5.41) is 21.3. The van der Waals surface area contributed by atoms with Gasteiger partial charge in [-0.15, -0.1) is 0 Å². The number of rotatable bonds is 6. The molecule has 0 saturated carbocycles. The van der Waals surface area contributed by atoms with Crippen LogP contribution >= 0.6 is 0 Å². The third kappa shape index (κ3) is 4.19. The van der Waals surface area contributed by atoms with Gasteiger partial charge >= 0.3 is 0 Å². The van der Waals surface area contributed by atoms with E-state index in [4.69, 9.17) is 6.85 Å². The van der Waals surface area contributed by atoms with Crippen LogP contribution in [-0.2, 0) is 6.42 Å². The van der Waals surface area contributed by atoms with E-state index in [1.165, 1.54) is 6.08 Å². The zero-order valence-electron chi connectivity index (χ0n) is 19.0. The standard InChI is InChI=1S/C21H30O2/c1-5-6-7-8-16-12-19(22)21(20(23)13-16)18-11-15(4)9-10-17(18)14(2)3/h11-13,17-18,22-23H,2,5-10H2,1,3-4H3/t17-,18-/m1/s1/i4D3,9D2. The molecular formula is C21H30O2. The highest BCUT2D eigenvalue weighted by atomic mass is 16.3. The van der Waals surface area contributed by atoms with Crippen molar-refractivity contribution >= 4 is 0 Å². The van der Waals surface area contributed by atoms with Gasteiger partial charge in [0.2, 0.25) is 0 Å². The van der Waals surface area contributed by atoms with E-state index in [1.54, 1.807) is 19.1 Å². The van der Waals surface area contributed by atoms with Crippen molar-refractivity contribution in [2.75, 3.05) is 0 Å². The molecule has 2 N–H and O–H groups in total. The quantitative estimate of drug-likeness (QED) is 0.510. The lowest BCUT2D eigenvalue weighted by molar-refractivity contribution is 0.406. The first-order chi connectivity index (χ1) is 12.9. The van der Waals surface area contributed by atoms with Crippen LogP contribution in [-0.4, -0.2) is 10.2 Å². The van der Waals surface area contributed by atoms with Gasteiger partial charge in [-0.05, 0) is 63.0 Å². The van der Waals surface area contributed by atoms with E-state index in [1.807, 2.05) is 0 Å². The Kier molecular flexibility index (Phi) is 3.95. The lowest BCUT2D eigenvalue weighted by Crippen LogP contribution is -2.17. The van der Waals surface area contributed by atoms with Crippen molar-refractivity contribution in [3.63, 3.8) is 0 Å². The van der Waals surface area contributed by atoms with Crippen LogP contribution in [0.1, 0.15) is 76.7 Å². The molecular weight excluding hydrogens is 284 g/mol. The SMILES string of the molecule is [2H]C([2H])([2H])C1=C[C@@H](c2c(O)cc(CCCCC)cc2O)[C@@H](C(=C)C)CC1([2H])[2H]. The zero-order valence-corrected chi connectivity index (χ0v) is 14.0. The van der Waals surface area contributed by atoms with Crippen molar-refractivity contribution in [1.29, 1.82) is 0 Å². The number of aryl methyl sites for hydroxylation is 1. The second kappa shape index (κ2) is 7.72. The number of phenolic OH excluding ortho intramolecular Hbond substituents is 2. The number of benzene rings is 1. The second-order valence-corrected chi connectivity index (χ2v) is 6.44. The summed E-state index contributed by atoms with van der Waals surface area (Å²) in [7, 11) is 0. The Morgan fingerprint density at radius 3 is 2.61 bits per heavy atom. The van der Waals surface area contributed by atoms with Gasteiger partial charge in [-0.3, -0.25) is 0 Å². The molecule has 0 bridgehead atoms. The molecule has 1 aromatic rings. The van der Waals surface area contributed by atoms with Crippen LogP contribution in [0.3, 0.4) is 0 Å². The minimum atomic E-state index is -2.59. The average molecular weight is 319 g/mol. The molecule has 2 atom stereocenters. The summed E-state index contributed by atoms with van der Waals surface area (Å²) >= 11 is 0. The molecule has 0 spiro atoms. The Bertz CT molecular complexity index is 742. The van der Waals surface area contributed by atoms with Crippen molar-refractivity contribution in [1.82, 2.24) is 0 Å². The first-order valence-electron chi connectivity index (χ1n) is 10.8. The molecule has 0 radical (unpaired) electrons. The average Bonchev–Trinajstić information content (AvgIpc) is 2.53. The highest BCUT2D eigenvalue weighted by Crippen LogP contribution is 2.46. The molecule has 0 heterocycles. The fourth-order valence-corrected chi connectivity index (χ4v) is 3.21. The fraction of sp³-hybridized carbons (Fsp3) is 0.524. The molecule has 1 aliphatic carbocycles. The van der Waals surface area contributed by atoms with E-state index >= 15 is 0 Å². The first-order valence-corrected chi connectivity index (χ1v) is 8.31. The van der Waals surface area contributed by atoms with E-state index in [0.29, 0.717) is 5.57 Å². The summed E-state index contributed by atoms with van der Waals surface area (Å²) in [6.07, 6.45) is 3.12. The minimum absolute atomic E-state index is 0.0612. The van der Waals surface area contributed by atoms with Crippen LogP contribution in [0, 0.1) is 5.92 Å². The highest BCUT2D eigenvalue weighted by molar-refractivity contribution is 5.51. The molecule has 0 unspecified atom stereocenters. The van der Waals surface area contributed by atoms with Crippen LogP contribution in [0.5, 0.6) is 11.5 Å². The summed E-state index contributed by atoms with van der Waals surface area (Å²) in [5.74, 6) is -1.26. The monoisotopic (exact) mass is 319 g/mol. The van der Waals surface area contributed by atoms with Crippen LogP contribution in [0.4, 0.5) is 0 Å². The van der Waals surface area contributed by atoms with Gasteiger partial charge < -0.3 is 10.2 Å². The molecule has 126 valence electrons. The Balaban J connectivity index is 2.54. The van der Waals surface area contributed by atoms with Crippen LogP contribution in [0.25, 0.3) is 0 Å². The third-order valence-corrected chi connectivity index (χ3v) is 4.52. The van der Waals surface area contributed by atoms with Gasteiger partial charge in [0.25, 0.3) is 0 Å². The van der Waals surface area contributed by atoms with E-state index < -0.39 is 25.1 Å². The van der Waals surface area contributed by atoms with Gasteiger partial charge in [0.1, 0.15) is 11.5 Å². The molecule has 2 nitrogen and oxygen atoms in total. The molecule has 23 heavy (non-hydrogen) atoms. The predicted molar refractivity (Wildman–Crippen MR) is 97.0 cm³/mol. The molecule has 2 heteroatoms. The van der Waals surface area contributed by atoms with Gasteiger partial charge in [0, 0.05) is 18.3 Å². The van der Waals surface area contributed by atoms with Gasteiger partial charge in [0.05, 0.1) is 0 Å². The Labute approximate surface area is 147 Å². The number of unbranched alkanes of at least 4 members (excludes halogenated alkanes) is 2. The van der Waals surface area contributed by atoms with Gasteiger partial charge in [-0.1, -0.05) is 43.6 Å². The summed E-state index contributed by atoms with van der Waals surface area (Å²) in [6.45, 7) is 5.21. The Morgan fingerprint density at radius 1 is 1.35 bits per heavy atom. The molecule has 0 aliphatic heterocycles. The fourth-order valence-electron chi connectivity index (χ4n) is 3.21. The lowest BCUT2D eigenvalue weighted by atomic mass is 9.73. The molecule has 1 aliphatic rings. The van der Waals surface area contributed by atoms with Crippen molar-refractivity contribution in [3.05, 3.63) is 47.1 Å². The zero-order chi connectivity index (χ0) is 21.3. The minimum Gasteiger partial charge on any atom is -0.507 e. The van der Waals surface area contributed by atoms with Crippen molar-refractivity contribution in [2.45, 2.75) is 65.1 Å². The summed E-state index contributed by atoms with van der Waals surface area (Å²) in [6, 6.07) is 3.23. The van der Waals surface area contributed by atoms with Crippen molar-refractivity contribution in [3.8, 4) is 11.5 Å². The molecule has 0 fully saturated rings. The van der Waals surface area contributed by atoms with Crippen LogP contribution in [0.2, 0.25) is 0 Å². The highest BCUT2D eigenvalue weighted by Gasteiger charge is 2.29. The van der Waals surface area contributed by atoms with E-state index in [-0.39, 0.29) is 29.1 Å². The number of aromatic hydroxyl groups is 2. The summed E-state index contributed by atoms with van der Waals surface area (Å²) in [4.78, 5) is 0. The van der Waals surface area contributed by atoms with E-state index in [2.05, 4.69) is 13.5 Å². The summed E-state index contributed by atoms with van der Waals surface area (Å²) < 4.78 is 39.6. The molecule has 2 rings (SSSR count). The maximum atomic E-state index is 10.6. The number of allylic oxidation sites excluding steroid dienone is 3. The maximum absolute atomic E-state index is 10.6. The summed E-state index contributed by atoms with van der Waals surface area (Å²) in [5.41, 5.74) is 1.46. The lowest BCUT2D eigenvalue weighted by Gasteiger charge is -2.31. The number of hydrogen-bond donors (Lipinski definition) is 2. The van der Waals surface area contributed by atoms with Crippen LogP contribution < -0.4 is 0 Å². The Morgan fingerprint density at radius 2 is 2.04 bits per heavy atom. The first kappa shape index (κ1) is 11.8. The molecule has 1 aromatic carbocycles. The normalized spacial score (nSPS) is 27.0. The Hall–Kier alpha value is -1.70. The maximum Gasteiger partial charge on any atom is 0.123 e. The number of phenols is 2. The van der Waals surface area contributed by atoms with Gasteiger partial charge in [0.15, 0.2) is 0 Å². The molecule has 0 saturated heterocycles.